The molecular formula is C16H17NO3. The Balaban J connectivity index is 1.92. The van der Waals surface area contributed by atoms with E-state index in [4.69, 9.17) is 4.74 Å². The second kappa shape index (κ2) is 5.12. The third-order valence-corrected chi connectivity index (χ3v) is 4.03. The van der Waals surface area contributed by atoms with Crippen LogP contribution in [-0.2, 0) is 9.53 Å². The molecule has 0 unspecified atom stereocenters. The van der Waals surface area contributed by atoms with Gasteiger partial charge in [-0.2, -0.15) is 0 Å². The predicted molar refractivity (Wildman–Crippen MR) is 73.9 cm³/mol. The molecule has 20 heavy (non-hydrogen) atoms. The maximum atomic E-state index is 12.6. The fourth-order valence-corrected chi connectivity index (χ4v) is 2.90. The van der Waals surface area contributed by atoms with Crippen molar-refractivity contribution in [3.05, 3.63) is 47.0 Å². The molecule has 1 aliphatic heterocycles. The number of carbonyl (C=O) groups is 2. The van der Waals surface area contributed by atoms with Gasteiger partial charge in [0, 0.05) is 5.57 Å². The van der Waals surface area contributed by atoms with E-state index < -0.39 is 6.09 Å². The SMILES string of the molecule is CC1=C(C(=O)N2C(=O)OC[C@H]2c2ccccc2)CCC1. The molecule has 0 saturated carbocycles. The number of amides is 2. The largest absolute Gasteiger partial charge is 0.446 e. The molecule has 104 valence electrons. The Morgan fingerprint density at radius 1 is 1.25 bits per heavy atom. The minimum Gasteiger partial charge on any atom is -0.446 e. The molecule has 1 heterocycles. The van der Waals surface area contributed by atoms with E-state index in [1.165, 1.54) is 4.90 Å². The standard InChI is InChI=1S/C16H17NO3/c1-11-6-5-9-13(11)15(18)17-14(10-20-16(17)19)12-7-3-2-4-8-12/h2-4,7-8,14H,5-6,9-10H2,1H3/t14-/m0/s1. The Hall–Kier alpha value is -2.10. The molecule has 4 nitrogen and oxygen atoms in total. The van der Waals surface area contributed by atoms with Gasteiger partial charge in [-0.15, -0.1) is 0 Å². The Morgan fingerprint density at radius 2 is 2.00 bits per heavy atom. The Kier molecular flexibility index (Phi) is 3.30. The monoisotopic (exact) mass is 271 g/mol. The zero-order valence-electron chi connectivity index (χ0n) is 11.5. The highest BCUT2D eigenvalue weighted by Crippen LogP contribution is 2.33. The fourth-order valence-electron chi connectivity index (χ4n) is 2.90. The van der Waals surface area contributed by atoms with Crippen LogP contribution in [0.25, 0.3) is 0 Å². The second-order valence-corrected chi connectivity index (χ2v) is 5.29. The summed E-state index contributed by atoms with van der Waals surface area (Å²) >= 11 is 0. The highest BCUT2D eigenvalue weighted by molar-refractivity contribution is 6.04. The number of hydrogen-bond donors (Lipinski definition) is 0. The maximum Gasteiger partial charge on any atom is 0.417 e. The van der Waals surface area contributed by atoms with E-state index in [0.717, 1.165) is 36.0 Å². The van der Waals surface area contributed by atoms with Crippen LogP contribution < -0.4 is 0 Å². The van der Waals surface area contributed by atoms with Crippen molar-refractivity contribution in [3.8, 4) is 0 Å². The van der Waals surface area contributed by atoms with Crippen molar-refractivity contribution in [2.24, 2.45) is 0 Å². The van der Waals surface area contributed by atoms with Gasteiger partial charge >= 0.3 is 6.09 Å². The topological polar surface area (TPSA) is 46.6 Å². The zero-order chi connectivity index (χ0) is 14.1. The summed E-state index contributed by atoms with van der Waals surface area (Å²) in [5.74, 6) is -0.184. The summed E-state index contributed by atoms with van der Waals surface area (Å²) in [4.78, 5) is 25.8. The molecular weight excluding hydrogens is 254 g/mol. The number of cyclic esters (lactones) is 1. The molecule has 4 heteroatoms. The molecule has 2 amide bonds. The lowest BCUT2D eigenvalue weighted by molar-refractivity contribution is -0.125. The van der Waals surface area contributed by atoms with Gasteiger partial charge in [-0.3, -0.25) is 4.79 Å². The van der Waals surface area contributed by atoms with Gasteiger partial charge in [0.05, 0.1) is 0 Å². The van der Waals surface area contributed by atoms with Crippen molar-refractivity contribution in [1.29, 1.82) is 0 Å². The second-order valence-electron chi connectivity index (χ2n) is 5.29. The third-order valence-electron chi connectivity index (χ3n) is 4.03. The molecule has 3 rings (SSSR count). The smallest absolute Gasteiger partial charge is 0.417 e. The third kappa shape index (κ3) is 2.11. The van der Waals surface area contributed by atoms with Crippen LogP contribution in [-0.4, -0.2) is 23.5 Å². The Labute approximate surface area is 118 Å². The zero-order valence-corrected chi connectivity index (χ0v) is 11.5. The number of ether oxygens (including phenoxy) is 1. The van der Waals surface area contributed by atoms with Crippen LogP contribution in [0.3, 0.4) is 0 Å². The molecule has 1 aromatic rings. The average molecular weight is 271 g/mol. The quantitative estimate of drug-likeness (QED) is 0.829. The lowest BCUT2D eigenvalue weighted by Gasteiger charge is -2.20. The molecule has 0 radical (unpaired) electrons. The van der Waals surface area contributed by atoms with E-state index in [0.29, 0.717) is 0 Å². The lowest BCUT2D eigenvalue weighted by atomic mass is 10.1. The van der Waals surface area contributed by atoms with Crippen LogP contribution in [0.4, 0.5) is 4.79 Å². The highest BCUT2D eigenvalue weighted by Gasteiger charge is 2.40. The van der Waals surface area contributed by atoms with Crippen LogP contribution in [0.5, 0.6) is 0 Å². The van der Waals surface area contributed by atoms with E-state index >= 15 is 0 Å². The van der Waals surface area contributed by atoms with Crippen molar-refractivity contribution in [2.75, 3.05) is 6.61 Å². The average Bonchev–Trinajstić information content (AvgIpc) is 3.05. The van der Waals surface area contributed by atoms with Gasteiger partial charge in [-0.25, -0.2) is 9.69 Å². The predicted octanol–water partition coefficient (Wildman–Crippen LogP) is 3.21. The van der Waals surface area contributed by atoms with Crippen LogP contribution in [0.15, 0.2) is 41.5 Å². The first-order chi connectivity index (χ1) is 9.68. The number of rotatable bonds is 2. The first-order valence-electron chi connectivity index (χ1n) is 6.92. The van der Waals surface area contributed by atoms with Crippen LogP contribution in [0, 0.1) is 0 Å². The fraction of sp³-hybridized carbons (Fsp3) is 0.375. The van der Waals surface area contributed by atoms with Crippen LogP contribution in [0.2, 0.25) is 0 Å². The van der Waals surface area contributed by atoms with E-state index in [1.54, 1.807) is 0 Å². The Bertz CT molecular complexity index is 577. The maximum absolute atomic E-state index is 12.6. The molecule has 1 saturated heterocycles. The number of benzene rings is 1. The van der Waals surface area contributed by atoms with Crippen molar-refractivity contribution in [1.82, 2.24) is 4.90 Å². The summed E-state index contributed by atoms with van der Waals surface area (Å²) in [6.07, 6.45) is 2.16. The molecule has 1 fully saturated rings. The van der Waals surface area contributed by atoms with Gasteiger partial charge in [0.1, 0.15) is 12.6 Å². The molecule has 2 aliphatic rings. The van der Waals surface area contributed by atoms with E-state index in [2.05, 4.69) is 0 Å². The number of allylic oxidation sites excluding steroid dienone is 1. The van der Waals surface area contributed by atoms with Crippen LogP contribution >= 0.6 is 0 Å². The minimum atomic E-state index is -0.531. The van der Waals surface area contributed by atoms with Gasteiger partial charge in [0.15, 0.2) is 0 Å². The van der Waals surface area contributed by atoms with E-state index in [1.807, 2.05) is 37.3 Å². The normalized spacial score (nSPS) is 22.4. The first-order valence-corrected chi connectivity index (χ1v) is 6.92. The van der Waals surface area contributed by atoms with E-state index in [-0.39, 0.29) is 18.6 Å². The molecule has 0 aromatic heterocycles. The van der Waals surface area contributed by atoms with Gasteiger partial charge in [0.25, 0.3) is 5.91 Å². The molecule has 0 N–H and O–H groups in total. The van der Waals surface area contributed by atoms with Gasteiger partial charge < -0.3 is 4.74 Å². The summed E-state index contributed by atoms with van der Waals surface area (Å²) in [5, 5.41) is 0. The number of imide groups is 1. The van der Waals surface area contributed by atoms with Crippen molar-refractivity contribution >= 4 is 12.0 Å². The number of nitrogens with zero attached hydrogens (tertiary/aromatic N) is 1. The summed E-state index contributed by atoms with van der Waals surface area (Å²) in [6, 6.07) is 9.25. The van der Waals surface area contributed by atoms with Gasteiger partial charge in [-0.05, 0) is 31.7 Å². The van der Waals surface area contributed by atoms with Gasteiger partial charge in [-0.1, -0.05) is 35.9 Å². The van der Waals surface area contributed by atoms with Crippen molar-refractivity contribution < 1.29 is 14.3 Å². The molecule has 0 spiro atoms. The minimum absolute atomic E-state index is 0.184. The van der Waals surface area contributed by atoms with Crippen molar-refractivity contribution in [2.45, 2.75) is 32.2 Å². The first kappa shape index (κ1) is 12.9. The van der Waals surface area contributed by atoms with Crippen molar-refractivity contribution in [3.63, 3.8) is 0 Å². The van der Waals surface area contributed by atoms with Crippen LogP contribution in [0.1, 0.15) is 37.8 Å². The summed E-state index contributed by atoms with van der Waals surface area (Å²) in [6.45, 7) is 2.21. The summed E-state index contributed by atoms with van der Waals surface area (Å²) in [7, 11) is 0. The van der Waals surface area contributed by atoms with Gasteiger partial charge in [0.2, 0.25) is 0 Å². The molecule has 1 aromatic carbocycles. The molecule has 0 bridgehead atoms. The highest BCUT2D eigenvalue weighted by atomic mass is 16.6. The molecule has 1 atom stereocenters. The number of hydrogen-bond acceptors (Lipinski definition) is 3. The summed E-state index contributed by atoms with van der Waals surface area (Å²) in [5.41, 5.74) is 2.81. The summed E-state index contributed by atoms with van der Waals surface area (Å²) < 4.78 is 5.09. The van der Waals surface area contributed by atoms with E-state index in [9.17, 15) is 9.59 Å². The number of carbonyl (C=O) groups excluding carboxylic acids is 2. The Morgan fingerprint density at radius 3 is 2.65 bits per heavy atom. The molecule has 1 aliphatic carbocycles. The lowest BCUT2D eigenvalue weighted by Crippen LogP contribution is -2.35.